The van der Waals surface area contributed by atoms with E-state index in [-0.39, 0.29) is 36.2 Å². The molecule has 6 nitrogen and oxygen atoms in total. The van der Waals surface area contributed by atoms with Crippen LogP contribution in [0.1, 0.15) is 33.1 Å². The van der Waals surface area contributed by atoms with Crippen molar-refractivity contribution in [1.29, 1.82) is 0 Å². The van der Waals surface area contributed by atoms with Crippen molar-refractivity contribution in [1.82, 2.24) is 0 Å². The standard InChI is InChI=1S/C15H22O6/c1-8(16)10-5-11(9(2)17)13(7-15(19)21-4)12(10)6-14(18)20-3/h10-13H,5-7H2,1-4H3/t10-,11+,12-,13-/m0/s1. The molecule has 0 heterocycles. The van der Waals surface area contributed by atoms with Gasteiger partial charge in [0.2, 0.25) is 0 Å². The number of methoxy groups -OCH3 is 2. The maximum absolute atomic E-state index is 11.8. The fourth-order valence-corrected chi connectivity index (χ4v) is 3.29. The molecule has 21 heavy (non-hydrogen) atoms. The highest BCUT2D eigenvalue weighted by Gasteiger charge is 2.48. The van der Waals surface area contributed by atoms with Gasteiger partial charge in [-0.15, -0.1) is 0 Å². The molecule has 0 aromatic carbocycles. The first kappa shape index (κ1) is 17.3. The number of carbonyl (C=O) groups is 4. The SMILES string of the molecule is COC(=O)C[C@@H]1[C@@H](CC(=O)OC)[C@H](C(C)=O)C[C@@H]1C(C)=O. The van der Waals surface area contributed by atoms with Gasteiger partial charge < -0.3 is 9.47 Å². The first-order valence-electron chi connectivity index (χ1n) is 6.96. The van der Waals surface area contributed by atoms with E-state index >= 15 is 0 Å². The third-order valence-corrected chi connectivity index (χ3v) is 4.40. The van der Waals surface area contributed by atoms with E-state index in [1.807, 2.05) is 0 Å². The highest BCUT2D eigenvalue weighted by Crippen LogP contribution is 2.46. The average Bonchev–Trinajstić information content (AvgIpc) is 2.77. The summed E-state index contributed by atoms with van der Waals surface area (Å²) in [4.78, 5) is 46.8. The molecule has 0 amide bonds. The Bertz CT molecular complexity index is 401. The third-order valence-electron chi connectivity index (χ3n) is 4.40. The predicted octanol–water partition coefficient (Wildman–Crippen LogP) is 1.16. The lowest BCUT2D eigenvalue weighted by Crippen LogP contribution is -2.28. The Labute approximate surface area is 124 Å². The number of carbonyl (C=O) groups excluding carboxylic acids is 4. The van der Waals surface area contributed by atoms with Crippen molar-refractivity contribution in [2.45, 2.75) is 33.1 Å². The van der Waals surface area contributed by atoms with Crippen LogP contribution in [0.15, 0.2) is 0 Å². The first-order valence-corrected chi connectivity index (χ1v) is 6.96. The molecule has 0 N–H and O–H groups in total. The summed E-state index contributed by atoms with van der Waals surface area (Å²) in [6, 6.07) is 0. The first-order chi connectivity index (χ1) is 9.81. The third kappa shape index (κ3) is 4.12. The molecule has 0 bridgehead atoms. The molecule has 0 spiro atoms. The minimum Gasteiger partial charge on any atom is -0.469 e. The molecular weight excluding hydrogens is 276 g/mol. The van der Waals surface area contributed by atoms with Gasteiger partial charge in [-0.2, -0.15) is 0 Å². The van der Waals surface area contributed by atoms with Crippen LogP contribution in [0, 0.1) is 23.7 Å². The van der Waals surface area contributed by atoms with E-state index in [0.717, 1.165) is 0 Å². The summed E-state index contributed by atoms with van der Waals surface area (Å²) in [6.45, 7) is 2.90. The number of hydrogen-bond donors (Lipinski definition) is 0. The normalized spacial score (nSPS) is 28.0. The van der Waals surface area contributed by atoms with Gasteiger partial charge in [0.1, 0.15) is 11.6 Å². The fourth-order valence-electron chi connectivity index (χ4n) is 3.29. The maximum Gasteiger partial charge on any atom is 0.305 e. The molecule has 0 aromatic heterocycles. The highest BCUT2D eigenvalue weighted by molar-refractivity contribution is 5.85. The van der Waals surface area contributed by atoms with E-state index in [2.05, 4.69) is 9.47 Å². The maximum atomic E-state index is 11.8. The van der Waals surface area contributed by atoms with Gasteiger partial charge in [0.15, 0.2) is 0 Å². The summed E-state index contributed by atoms with van der Waals surface area (Å²) in [6.07, 6.45) is 0.451. The van der Waals surface area contributed by atoms with Gasteiger partial charge in [0.25, 0.3) is 0 Å². The summed E-state index contributed by atoms with van der Waals surface area (Å²) < 4.78 is 9.33. The second kappa shape index (κ2) is 7.33. The van der Waals surface area contributed by atoms with Gasteiger partial charge in [-0.05, 0) is 32.1 Å². The highest BCUT2D eigenvalue weighted by atomic mass is 16.5. The largest absolute Gasteiger partial charge is 0.469 e. The Kier molecular flexibility index (Phi) is 6.05. The Hall–Kier alpha value is -1.72. The molecule has 0 radical (unpaired) electrons. The molecule has 1 aliphatic rings. The van der Waals surface area contributed by atoms with Crippen molar-refractivity contribution in [3.05, 3.63) is 0 Å². The van der Waals surface area contributed by atoms with Crippen LogP contribution in [0.5, 0.6) is 0 Å². The Balaban J connectivity index is 3.06. The van der Waals surface area contributed by atoms with Crippen LogP contribution in [-0.4, -0.2) is 37.7 Å². The summed E-state index contributed by atoms with van der Waals surface area (Å²) >= 11 is 0. The Morgan fingerprint density at radius 3 is 1.38 bits per heavy atom. The molecule has 0 aliphatic heterocycles. The van der Waals surface area contributed by atoms with Crippen molar-refractivity contribution in [3.8, 4) is 0 Å². The molecule has 1 saturated carbocycles. The van der Waals surface area contributed by atoms with Gasteiger partial charge in [0, 0.05) is 24.7 Å². The van der Waals surface area contributed by atoms with Gasteiger partial charge in [-0.1, -0.05) is 0 Å². The minimum atomic E-state index is -0.440. The van der Waals surface area contributed by atoms with E-state index in [1.54, 1.807) is 0 Å². The summed E-state index contributed by atoms with van der Waals surface area (Å²) in [7, 11) is 2.55. The van der Waals surface area contributed by atoms with Crippen molar-refractivity contribution >= 4 is 23.5 Å². The molecule has 1 rings (SSSR count). The van der Waals surface area contributed by atoms with E-state index in [0.29, 0.717) is 6.42 Å². The quantitative estimate of drug-likeness (QED) is 0.684. The predicted molar refractivity (Wildman–Crippen MR) is 73.2 cm³/mol. The van der Waals surface area contributed by atoms with Crippen LogP contribution < -0.4 is 0 Å². The zero-order valence-corrected chi connectivity index (χ0v) is 12.9. The van der Waals surface area contributed by atoms with E-state index in [9.17, 15) is 19.2 Å². The lowest BCUT2D eigenvalue weighted by molar-refractivity contribution is -0.146. The minimum absolute atomic E-state index is 0.0339. The molecular formula is C15H22O6. The van der Waals surface area contributed by atoms with Gasteiger partial charge in [-0.3, -0.25) is 19.2 Å². The van der Waals surface area contributed by atoms with Crippen LogP contribution >= 0.6 is 0 Å². The van der Waals surface area contributed by atoms with Crippen LogP contribution in [0.25, 0.3) is 0 Å². The van der Waals surface area contributed by atoms with Gasteiger partial charge in [-0.25, -0.2) is 0 Å². The van der Waals surface area contributed by atoms with Gasteiger partial charge >= 0.3 is 11.9 Å². The lowest BCUT2D eigenvalue weighted by Gasteiger charge is -2.23. The number of rotatable bonds is 6. The number of hydrogen-bond acceptors (Lipinski definition) is 6. The number of Topliss-reactive ketones (excluding diaryl/α,β-unsaturated/α-hetero) is 2. The molecule has 1 fully saturated rings. The van der Waals surface area contributed by atoms with E-state index in [1.165, 1.54) is 28.1 Å². The van der Waals surface area contributed by atoms with Crippen LogP contribution in [0.2, 0.25) is 0 Å². The van der Waals surface area contributed by atoms with Crippen LogP contribution in [-0.2, 0) is 28.7 Å². The Morgan fingerprint density at radius 1 is 0.810 bits per heavy atom. The van der Waals surface area contributed by atoms with Crippen molar-refractivity contribution in [2.75, 3.05) is 14.2 Å². The topological polar surface area (TPSA) is 86.7 Å². The molecule has 0 unspecified atom stereocenters. The molecule has 118 valence electrons. The number of ether oxygens (including phenoxy) is 2. The lowest BCUT2D eigenvalue weighted by atomic mass is 9.80. The molecule has 0 aromatic rings. The van der Waals surface area contributed by atoms with Crippen molar-refractivity contribution in [2.24, 2.45) is 23.7 Å². The molecule has 1 aliphatic carbocycles. The molecule has 4 atom stereocenters. The van der Waals surface area contributed by atoms with E-state index < -0.39 is 23.8 Å². The Morgan fingerprint density at radius 2 is 1.14 bits per heavy atom. The summed E-state index contributed by atoms with van der Waals surface area (Å²) in [5.74, 6) is -2.52. The number of ketones is 2. The zero-order valence-electron chi connectivity index (χ0n) is 12.9. The summed E-state index contributed by atoms with van der Waals surface area (Å²) in [5.41, 5.74) is 0. The monoisotopic (exact) mass is 298 g/mol. The second-order valence-electron chi connectivity index (χ2n) is 5.56. The van der Waals surface area contributed by atoms with Gasteiger partial charge in [0.05, 0.1) is 14.2 Å². The second-order valence-corrected chi connectivity index (χ2v) is 5.56. The molecule has 6 heteroatoms. The van der Waals surface area contributed by atoms with Crippen molar-refractivity contribution < 1.29 is 28.7 Å². The van der Waals surface area contributed by atoms with E-state index in [4.69, 9.17) is 0 Å². The smallest absolute Gasteiger partial charge is 0.305 e. The molecule has 0 saturated heterocycles. The number of esters is 2. The van der Waals surface area contributed by atoms with Crippen LogP contribution in [0.3, 0.4) is 0 Å². The fraction of sp³-hybridized carbons (Fsp3) is 0.733. The van der Waals surface area contributed by atoms with Crippen LogP contribution in [0.4, 0.5) is 0 Å². The van der Waals surface area contributed by atoms with Crippen molar-refractivity contribution in [3.63, 3.8) is 0 Å². The summed E-state index contributed by atoms with van der Waals surface area (Å²) in [5, 5.41) is 0. The zero-order chi connectivity index (χ0) is 16.2. The average molecular weight is 298 g/mol.